The molecule has 4 heteroatoms. The van der Waals surface area contributed by atoms with Gasteiger partial charge in [0.05, 0.1) is 5.56 Å². The second-order valence-electron chi connectivity index (χ2n) is 5.43. The van der Waals surface area contributed by atoms with E-state index in [9.17, 15) is 4.79 Å². The van der Waals surface area contributed by atoms with Crippen LogP contribution in [0.25, 0.3) is 0 Å². The molecule has 0 aliphatic heterocycles. The van der Waals surface area contributed by atoms with Gasteiger partial charge in [-0.05, 0) is 49.1 Å². The number of rotatable bonds is 4. The summed E-state index contributed by atoms with van der Waals surface area (Å²) in [5.74, 6) is 0.607. The largest absolute Gasteiger partial charge is 0.478 e. The first kappa shape index (κ1) is 15.0. The van der Waals surface area contributed by atoms with E-state index in [4.69, 9.17) is 9.84 Å². The molecule has 0 spiro atoms. The molecule has 110 valence electrons. The molecule has 0 atom stereocenters. The summed E-state index contributed by atoms with van der Waals surface area (Å²) < 4.78 is 5.76. The first-order valence-corrected chi connectivity index (χ1v) is 6.87. The summed E-state index contributed by atoms with van der Waals surface area (Å²) in [5, 5.41) is 8.93. The SMILES string of the molecule is Cc1cc(Oc2ncc(C(=O)O)cc2C)ccc1C(C)C. The summed E-state index contributed by atoms with van der Waals surface area (Å²) in [5.41, 5.74) is 3.31. The molecule has 0 unspecified atom stereocenters. The van der Waals surface area contributed by atoms with Crippen LogP contribution >= 0.6 is 0 Å². The predicted molar refractivity (Wildman–Crippen MR) is 81.3 cm³/mol. The van der Waals surface area contributed by atoms with Gasteiger partial charge in [0.1, 0.15) is 5.75 Å². The van der Waals surface area contributed by atoms with Crippen molar-refractivity contribution in [3.05, 3.63) is 52.7 Å². The Morgan fingerprint density at radius 1 is 1.19 bits per heavy atom. The zero-order valence-electron chi connectivity index (χ0n) is 12.7. The van der Waals surface area contributed by atoms with Gasteiger partial charge in [-0.2, -0.15) is 0 Å². The molecule has 21 heavy (non-hydrogen) atoms. The van der Waals surface area contributed by atoms with Crippen molar-refractivity contribution in [1.82, 2.24) is 4.98 Å². The molecule has 0 amide bonds. The van der Waals surface area contributed by atoms with Gasteiger partial charge in [0.2, 0.25) is 5.88 Å². The van der Waals surface area contributed by atoms with Crippen LogP contribution in [0.4, 0.5) is 0 Å². The maximum Gasteiger partial charge on any atom is 0.337 e. The third-order valence-electron chi connectivity index (χ3n) is 3.35. The van der Waals surface area contributed by atoms with Gasteiger partial charge < -0.3 is 9.84 Å². The number of benzene rings is 1. The molecule has 0 radical (unpaired) electrons. The van der Waals surface area contributed by atoms with Crippen LogP contribution in [0, 0.1) is 13.8 Å². The number of hydrogen-bond acceptors (Lipinski definition) is 3. The van der Waals surface area contributed by atoms with Crippen LogP contribution < -0.4 is 4.74 Å². The monoisotopic (exact) mass is 285 g/mol. The Morgan fingerprint density at radius 3 is 2.43 bits per heavy atom. The third kappa shape index (κ3) is 3.40. The number of carbonyl (C=O) groups is 1. The lowest BCUT2D eigenvalue weighted by atomic mass is 9.98. The van der Waals surface area contributed by atoms with Crippen molar-refractivity contribution >= 4 is 5.97 Å². The van der Waals surface area contributed by atoms with Gasteiger partial charge in [-0.1, -0.05) is 19.9 Å². The standard InChI is InChI=1S/C17H19NO3/c1-10(2)15-6-5-14(8-11(15)3)21-16-12(4)7-13(9-18-16)17(19)20/h5-10H,1-4H3,(H,19,20). The van der Waals surface area contributed by atoms with E-state index in [1.165, 1.54) is 17.3 Å². The van der Waals surface area contributed by atoms with Crippen LogP contribution in [-0.4, -0.2) is 16.1 Å². The van der Waals surface area contributed by atoms with E-state index in [1.807, 2.05) is 12.1 Å². The molecular weight excluding hydrogens is 266 g/mol. The minimum Gasteiger partial charge on any atom is -0.478 e. The Morgan fingerprint density at radius 2 is 1.90 bits per heavy atom. The summed E-state index contributed by atoms with van der Waals surface area (Å²) in [7, 11) is 0. The van der Waals surface area contributed by atoms with E-state index in [0.717, 1.165) is 0 Å². The van der Waals surface area contributed by atoms with E-state index >= 15 is 0 Å². The molecule has 1 aromatic heterocycles. The van der Waals surface area contributed by atoms with Gasteiger partial charge in [0, 0.05) is 11.8 Å². The highest BCUT2D eigenvalue weighted by molar-refractivity contribution is 5.87. The quantitative estimate of drug-likeness (QED) is 0.909. The lowest BCUT2D eigenvalue weighted by molar-refractivity contribution is 0.0696. The molecule has 2 aromatic rings. The van der Waals surface area contributed by atoms with Gasteiger partial charge >= 0.3 is 5.97 Å². The van der Waals surface area contributed by atoms with E-state index in [1.54, 1.807) is 13.0 Å². The average molecular weight is 285 g/mol. The van der Waals surface area contributed by atoms with Crippen molar-refractivity contribution < 1.29 is 14.6 Å². The van der Waals surface area contributed by atoms with Gasteiger partial charge in [-0.25, -0.2) is 9.78 Å². The minimum absolute atomic E-state index is 0.159. The van der Waals surface area contributed by atoms with Gasteiger partial charge in [0.15, 0.2) is 0 Å². The molecular formula is C17H19NO3. The number of nitrogens with zero attached hydrogens (tertiary/aromatic N) is 1. The number of carboxylic acids is 1. The highest BCUT2D eigenvalue weighted by atomic mass is 16.5. The minimum atomic E-state index is -0.991. The molecule has 1 aromatic carbocycles. The highest BCUT2D eigenvalue weighted by Crippen LogP contribution is 2.27. The fourth-order valence-corrected chi connectivity index (χ4v) is 2.26. The summed E-state index contributed by atoms with van der Waals surface area (Å²) >= 11 is 0. The average Bonchev–Trinajstić information content (AvgIpc) is 2.40. The predicted octanol–water partition coefficient (Wildman–Crippen LogP) is 4.31. The second kappa shape index (κ2) is 5.95. The highest BCUT2D eigenvalue weighted by Gasteiger charge is 2.10. The molecule has 0 fully saturated rings. The van der Waals surface area contributed by atoms with Gasteiger partial charge in [0.25, 0.3) is 0 Å². The number of pyridine rings is 1. The number of aromatic nitrogens is 1. The Kier molecular flexibility index (Phi) is 4.26. The van der Waals surface area contributed by atoms with Gasteiger partial charge in [-0.15, -0.1) is 0 Å². The fourth-order valence-electron chi connectivity index (χ4n) is 2.26. The molecule has 0 aliphatic carbocycles. The number of carboxylic acid groups (broad SMARTS) is 1. The topological polar surface area (TPSA) is 59.4 Å². The lowest BCUT2D eigenvalue weighted by Crippen LogP contribution is -2.00. The molecule has 0 saturated heterocycles. The fraction of sp³-hybridized carbons (Fsp3) is 0.294. The van der Waals surface area contributed by atoms with Crippen molar-refractivity contribution in [2.75, 3.05) is 0 Å². The molecule has 0 saturated carbocycles. The number of aromatic carboxylic acids is 1. The van der Waals surface area contributed by atoms with Crippen molar-refractivity contribution in [3.8, 4) is 11.6 Å². The van der Waals surface area contributed by atoms with Crippen molar-refractivity contribution in [3.63, 3.8) is 0 Å². The van der Waals surface area contributed by atoms with E-state index in [0.29, 0.717) is 23.1 Å². The number of aryl methyl sites for hydroxylation is 2. The Bertz CT molecular complexity index is 678. The normalized spacial score (nSPS) is 10.7. The van der Waals surface area contributed by atoms with Crippen molar-refractivity contribution in [2.45, 2.75) is 33.6 Å². The molecule has 4 nitrogen and oxygen atoms in total. The summed E-state index contributed by atoms with van der Waals surface area (Å²) in [4.78, 5) is 15.0. The molecule has 1 N–H and O–H groups in total. The van der Waals surface area contributed by atoms with Crippen molar-refractivity contribution in [1.29, 1.82) is 0 Å². The zero-order chi connectivity index (χ0) is 15.6. The van der Waals surface area contributed by atoms with Crippen LogP contribution in [0.2, 0.25) is 0 Å². The maximum atomic E-state index is 10.9. The first-order valence-electron chi connectivity index (χ1n) is 6.87. The van der Waals surface area contributed by atoms with Crippen LogP contribution in [0.1, 0.15) is 46.8 Å². The van der Waals surface area contributed by atoms with Crippen LogP contribution in [0.15, 0.2) is 30.5 Å². The van der Waals surface area contributed by atoms with E-state index < -0.39 is 5.97 Å². The smallest absolute Gasteiger partial charge is 0.337 e. The Labute approximate surface area is 124 Å². The molecule has 0 aliphatic rings. The second-order valence-corrected chi connectivity index (χ2v) is 5.43. The lowest BCUT2D eigenvalue weighted by Gasteiger charge is -2.13. The molecule has 2 rings (SSSR count). The number of ether oxygens (including phenoxy) is 1. The zero-order valence-corrected chi connectivity index (χ0v) is 12.7. The van der Waals surface area contributed by atoms with Crippen molar-refractivity contribution in [2.24, 2.45) is 0 Å². The first-order chi connectivity index (χ1) is 9.88. The number of hydrogen-bond donors (Lipinski definition) is 1. The van der Waals surface area contributed by atoms with Crippen LogP contribution in [0.5, 0.6) is 11.6 Å². The van der Waals surface area contributed by atoms with E-state index in [-0.39, 0.29) is 5.56 Å². The van der Waals surface area contributed by atoms with Gasteiger partial charge in [-0.3, -0.25) is 0 Å². The maximum absolute atomic E-state index is 10.9. The van der Waals surface area contributed by atoms with E-state index in [2.05, 4.69) is 31.8 Å². The van der Waals surface area contributed by atoms with Crippen LogP contribution in [0.3, 0.4) is 0 Å². The summed E-state index contributed by atoms with van der Waals surface area (Å²) in [6.07, 6.45) is 1.31. The summed E-state index contributed by atoms with van der Waals surface area (Å²) in [6.45, 7) is 8.14. The molecule has 1 heterocycles. The summed E-state index contributed by atoms with van der Waals surface area (Å²) in [6, 6.07) is 7.49. The Balaban J connectivity index is 2.26. The molecule has 0 bridgehead atoms. The third-order valence-corrected chi connectivity index (χ3v) is 3.35. The van der Waals surface area contributed by atoms with Crippen LogP contribution in [-0.2, 0) is 0 Å². The Hall–Kier alpha value is -2.36.